The summed E-state index contributed by atoms with van der Waals surface area (Å²) in [5.74, 6) is 1.05. The van der Waals surface area contributed by atoms with Crippen molar-refractivity contribution in [2.24, 2.45) is 0 Å². The number of hydrogen-bond donors (Lipinski definition) is 1. The molecule has 23 heavy (non-hydrogen) atoms. The average molecular weight is 334 g/mol. The largest absolute Gasteiger partial charge is 0.320 e. The molecule has 0 bridgehead atoms. The smallest absolute Gasteiger partial charge is 0.177 e. The summed E-state index contributed by atoms with van der Waals surface area (Å²) in [6.45, 7) is 7.49. The summed E-state index contributed by atoms with van der Waals surface area (Å²) in [6, 6.07) is 8.32. The van der Waals surface area contributed by atoms with Gasteiger partial charge in [0.05, 0.1) is 12.7 Å². The normalized spacial score (nSPS) is 16.3. The second-order valence-electron chi connectivity index (χ2n) is 5.81. The van der Waals surface area contributed by atoms with E-state index in [4.69, 9.17) is 11.6 Å². The van der Waals surface area contributed by atoms with Crippen molar-refractivity contribution in [2.75, 3.05) is 6.54 Å². The van der Waals surface area contributed by atoms with Crippen LogP contribution in [0.3, 0.4) is 0 Å². The Morgan fingerprint density at radius 1 is 1.43 bits per heavy atom. The molecule has 2 heterocycles. The molecule has 1 aliphatic heterocycles. The summed E-state index contributed by atoms with van der Waals surface area (Å²) in [6.07, 6.45) is 3.91. The maximum Gasteiger partial charge on any atom is 0.177 e. The van der Waals surface area contributed by atoms with Crippen LogP contribution in [0.4, 0.5) is 0 Å². The molecule has 0 amide bonds. The van der Waals surface area contributed by atoms with Gasteiger partial charge in [0.2, 0.25) is 0 Å². The van der Waals surface area contributed by atoms with Gasteiger partial charge in [-0.15, -0.1) is 0 Å². The average Bonchev–Trinajstić information content (AvgIpc) is 2.96. The molecule has 3 rings (SSSR count). The molecule has 0 fully saturated rings. The lowest BCUT2D eigenvalue weighted by molar-refractivity contribution is 0.100. The first-order chi connectivity index (χ1) is 11.0. The zero-order valence-electron chi connectivity index (χ0n) is 14.0. The van der Waals surface area contributed by atoms with E-state index in [1.54, 1.807) is 13.1 Å². The predicted octanol–water partition coefficient (Wildman–Crippen LogP) is 4.04. The molecule has 1 aromatic carbocycles. The van der Waals surface area contributed by atoms with Gasteiger partial charge in [0.25, 0.3) is 0 Å². The molecule has 1 atom stereocenters. The lowest BCUT2D eigenvalue weighted by Gasteiger charge is -2.24. The fraction of sp³-hybridized carbons (Fsp3) is 0.444. The Morgan fingerprint density at radius 3 is 2.83 bits per heavy atom. The predicted molar refractivity (Wildman–Crippen MR) is 94.1 cm³/mol. The van der Waals surface area contributed by atoms with E-state index in [2.05, 4.69) is 30.2 Å². The van der Waals surface area contributed by atoms with Crippen molar-refractivity contribution < 1.29 is 4.79 Å². The zero-order valence-corrected chi connectivity index (χ0v) is 14.7. The van der Waals surface area contributed by atoms with Gasteiger partial charge in [-0.2, -0.15) is 0 Å². The third kappa shape index (κ3) is 4.43. The molecule has 5 heteroatoms. The van der Waals surface area contributed by atoms with Crippen LogP contribution in [0.2, 0.25) is 5.02 Å². The van der Waals surface area contributed by atoms with E-state index >= 15 is 0 Å². The molecule has 124 valence electrons. The molecule has 0 aliphatic carbocycles. The number of imidazole rings is 1. The number of carbonyl (C=O) groups is 1. The van der Waals surface area contributed by atoms with E-state index in [1.165, 1.54) is 5.56 Å². The van der Waals surface area contributed by atoms with Gasteiger partial charge in [-0.05, 0) is 25.0 Å². The first-order valence-corrected chi connectivity index (χ1v) is 8.43. The number of Topliss-reactive ketones (excluding diaryl/α,β-unsaturated/α-hetero) is 1. The van der Waals surface area contributed by atoms with Crippen LogP contribution >= 0.6 is 11.6 Å². The van der Waals surface area contributed by atoms with Crippen molar-refractivity contribution in [2.45, 2.75) is 46.2 Å². The summed E-state index contributed by atoms with van der Waals surface area (Å²) in [5, 5.41) is 4.14. The number of carbonyl (C=O) groups excluding carboxylic acids is 1. The van der Waals surface area contributed by atoms with Crippen molar-refractivity contribution in [1.29, 1.82) is 0 Å². The Morgan fingerprint density at radius 2 is 2.17 bits per heavy atom. The quantitative estimate of drug-likeness (QED) is 0.862. The molecule has 0 radical (unpaired) electrons. The highest BCUT2D eigenvalue weighted by molar-refractivity contribution is 6.31. The molecule has 0 spiro atoms. The molecule has 0 saturated carbocycles. The molecule has 1 N–H and O–H groups in total. The third-order valence-electron chi connectivity index (χ3n) is 3.87. The van der Waals surface area contributed by atoms with Gasteiger partial charge < -0.3 is 9.88 Å². The van der Waals surface area contributed by atoms with E-state index in [0.717, 1.165) is 42.5 Å². The topological polar surface area (TPSA) is 46.9 Å². The van der Waals surface area contributed by atoms with Crippen LogP contribution in [0.1, 0.15) is 55.1 Å². The highest BCUT2D eigenvalue weighted by Gasteiger charge is 2.21. The van der Waals surface area contributed by atoms with Gasteiger partial charge in [-0.3, -0.25) is 4.79 Å². The summed E-state index contributed by atoms with van der Waals surface area (Å²) < 4.78 is 2.03. The number of hydrogen-bond acceptors (Lipinski definition) is 3. The van der Waals surface area contributed by atoms with Gasteiger partial charge in [-0.25, -0.2) is 4.98 Å². The molecule has 0 saturated heterocycles. The van der Waals surface area contributed by atoms with Crippen molar-refractivity contribution in [1.82, 2.24) is 14.9 Å². The number of ketones is 1. The molecule has 2 aromatic rings. The maximum absolute atomic E-state index is 11.2. The number of benzene rings is 1. The fourth-order valence-corrected chi connectivity index (χ4v) is 2.97. The first-order valence-electron chi connectivity index (χ1n) is 8.05. The summed E-state index contributed by atoms with van der Waals surface area (Å²) in [5.41, 5.74) is 1.98. The van der Waals surface area contributed by atoms with Gasteiger partial charge >= 0.3 is 0 Å². The van der Waals surface area contributed by atoms with E-state index in [9.17, 15) is 4.79 Å². The van der Waals surface area contributed by atoms with Crippen LogP contribution in [-0.2, 0) is 13.0 Å². The number of aromatic nitrogens is 2. The van der Waals surface area contributed by atoms with E-state index < -0.39 is 0 Å². The fourth-order valence-electron chi connectivity index (χ4n) is 2.74. The summed E-state index contributed by atoms with van der Waals surface area (Å²) in [4.78, 5) is 15.5. The Labute approximate surface area is 142 Å². The van der Waals surface area contributed by atoms with Crippen LogP contribution in [0.5, 0.6) is 0 Å². The molecule has 4 nitrogen and oxygen atoms in total. The number of nitrogens with zero attached hydrogens (tertiary/aromatic N) is 2. The summed E-state index contributed by atoms with van der Waals surface area (Å²) >= 11 is 5.90. The van der Waals surface area contributed by atoms with Crippen molar-refractivity contribution in [3.05, 3.63) is 52.6 Å². The number of nitrogens with one attached hydrogen (secondary N) is 1. The van der Waals surface area contributed by atoms with Gasteiger partial charge in [-0.1, -0.05) is 43.1 Å². The number of halogens is 1. The SMILES string of the molecule is CC(=O)c1cnc2n1C(C)CNC2.CCCc1ccccc1Cl. The molecule has 1 aliphatic rings. The van der Waals surface area contributed by atoms with Crippen molar-refractivity contribution >= 4 is 17.4 Å². The zero-order chi connectivity index (χ0) is 16.8. The van der Waals surface area contributed by atoms with E-state index in [1.807, 2.05) is 22.8 Å². The van der Waals surface area contributed by atoms with Crippen LogP contribution < -0.4 is 5.32 Å². The minimum atomic E-state index is 0.0903. The van der Waals surface area contributed by atoms with Crippen LogP contribution in [0.25, 0.3) is 0 Å². The van der Waals surface area contributed by atoms with Gasteiger partial charge in [0.1, 0.15) is 11.5 Å². The minimum Gasteiger partial charge on any atom is -0.320 e. The molecule has 1 aromatic heterocycles. The van der Waals surface area contributed by atoms with E-state index in [-0.39, 0.29) is 5.78 Å². The summed E-state index contributed by atoms with van der Waals surface area (Å²) in [7, 11) is 0. The maximum atomic E-state index is 11.2. The third-order valence-corrected chi connectivity index (χ3v) is 4.24. The van der Waals surface area contributed by atoms with E-state index in [0.29, 0.717) is 6.04 Å². The Balaban J connectivity index is 0.000000174. The highest BCUT2D eigenvalue weighted by atomic mass is 35.5. The molecular weight excluding hydrogens is 310 g/mol. The van der Waals surface area contributed by atoms with Crippen LogP contribution in [0.15, 0.2) is 30.5 Å². The second kappa shape index (κ2) is 8.27. The van der Waals surface area contributed by atoms with Crippen molar-refractivity contribution in [3.8, 4) is 0 Å². The molecule has 1 unspecified atom stereocenters. The number of aryl methyl sites for hydroxylation is 1. The Hall–Kier alpha value is -1.65. The first kappa shape index (κ1) is 17.7. The van der Waals surface area contributed by atoms with Crippen LogP contribution in [-0.4, -0.2) is 21.9 Å². The van der Waals surface area contributed by atoms with Gasteiger partial charge in [0.15, 0.2) is 5.78 Å². The van der Waals surface area contributed by atoms with Crippen molar-refractivity contribution in [3.63, 3.8) is 0 Å². The Bertz CT molecular complexity index is 666. The lowest BCUT2D eigenvalue weighted by Crippen LogP contribution is -2.32. The van der Waals surface area contributed by atoms with Gasteiger partial charge in [0, 0.05) is 24.5 Å². The second-order valence-corrected chi connectivity index (χ2v) is 6.21. The molecular formula is C18H24ClN3O. The number of rotatable bonds is 3. The monoisotopic (exact) mass is 333 g/mol. The highest BCUT2D eigenvalue weighted by Crippen LogP contribution is 2.17. The Kier molecular flexibility index (Phi) is 6.37. The van der Waals surface area contributed by atoms with Crippen LogP contribution in [0, 0.1) is 0 Å². The standard InChI is InChI=1S/C9H11Cl.C9H13N3O/c1-2-5-8-6-3-4-7-9(8)10;1-6-3-10-5-9-11-4-8(7(2)13)12(6)9/h3-4,6-7H,2,5H2,1H3;4,6,10H,3,5H2,1-2H3. The lowest BCUT2D eigenvalue weighted by atomic mass is 10.1. The minimum absolute atomic E-state index is 0.0903. The number of fused-ring (bicyclic) bond motifs is 1.